The highest BCUT2D eigenvalue weighted by Gasteiger charge is 2.27. The monoisotopic (exact) mass is 442 g/mol. The second-order valence-electron chi connectivity index (χ2n) is 6.74. The molecule has 0 amide bonds. The summed E-state index contributed by atoms with van der Waals surface area (Å²) in [5.74, 6) is 1.25. The van der Waals surface area contributed by atoms with Gasteiger partial charge >= 0.3 is 6.18 Å². The van der Waals surface area contributed by atoms with Gasteiger partial charge < -0.3 is 19.4 Å². The van der Waals surface area contributed by atoms with Gasteiger partial charge in [0.1, 0.15) is 12.4 Å². The summed E-state index contributed by atoms with van der Waals surface area (Å²) in [7, 11) is 3.43. The SMILES string of the molecule is COc1nc2ccc(-c3cnc(C)n3C)cc2c(Cl)c1CNCCOCC(F)(F)F. The maximum Gasteiger partial charge on any atom is 0.411 e. The predicted octanol–water partition coefficient (Wildman–Crippen LogP) is 4.27. The van der Waals surface area contributed by atoms with Crippen LogP contribution in [-0.2, 0) is 18.3 Å². The molecule has 6 nitrogen and oxygen atoms in total. The van der Waals surface area contributed by atoms with Gasteiger partial charge in [-0.2, -0.15) is 13.2 Å². The van der Waals surface area contributed by atoms with Crippen molar-refractivity contribution in [3.8, 4) is 17.1 Å². The van der Waals surface area contributed by atoms with E-state index in [2.05, 4.69) is 20.0 Å². The first kappa shape index (κ1) is 22.3. The smallest absolute Gasteiger partial charge is 0.411 e. The molecule has 3 aromatic rings. The predicted molar refractivity (Wildman–Crippen MR) is 109 cm³/mol. The second-order valence-corrected chi connectivity index (χ2v) is 7.12. The Kier molecular flexibility index (Phi) is 6.84. The molecule has 0 unspecified atom stereocenters. The van der Waals surface area contributed by atoms with Crippen LogP contribution in [0.5, 0.6) is 5.88 Å². The van der Waals surface area contributed by atoms with Gasteiger partial charge in [-0.25, -0.2) is 9.97 Å². The molecule has 0 aliphatic heterocycles. The maximum absolute atomic E-state index is 12.1. The minimum atomic E-state index is -4.33. The van der Waals surface area contributed by atoms with Gasteiger partial charge in [0.05, 0.1) is 36.1 Å². The van der Waals surface area contributed by atoms with E-state index in [9.17, 15) is 13.2 Å². The van der Waals surface area contributed by atoms with Crippen LogP contribution >= 0.6 is 11.6 Å². The summed E-state index contributed by atoms with van der Waals surface area (Å²) >= 11 is 6.67. The van der Waals surface area contributed by atoms with Crippen LogP contribution < -0.4 is 10.1 Å². The number of benzene rings is 1. The van der Waals surface area contributed by atoms with Crippen molar-refractivity contribution >= 4 is 22.5 Å². The zero-order valence-corrected chi connectivity index (χ0v) is 17.6. The fraction of sp³-hybridized carbons (Fsp3) is 0.400. The summed E-state index contributed by atoms with van der Waals surface area (Å²) in [6.07, 6.45) is -2.54. The summed E-state index contributed by atoms with van der Waals surface area (Å²) in [6, 6.07) is 5.75. The first-order valence-corrected chi connectivity index (χ1v) is 9.59. The lowest BCUT2D eigenvalue weighted by molar-refractivity contribution is -0.173. The van der Waals surface area contributed by atoms with Gasteiger partial charge in [0, 0.05) is 36.7 Å². The van der Waals surface area contributed by atoms with E-state index in [1.54, 1.807) is 6.20 Å². The number of alkyl halides is 3. The number of pyridine rings is 1. The van der Waals surface area contributed by atoms with Gasteiger partial charge in [0.2, 0.25) is 5.88 Å². The first-order valence-electron chi connectivity index (χ1n) is 9.21. The molecule has 2 heterocycles. The number of methoxy groups -OCH3 is 1. The Labute approximate surface area is 177 Å². The maximum atomic E-state index is 12.1. The molecular formula is C20H22ClF3N4O2. The van der Waals surface area contributed by atoms with Crippen LogP contribution in [-0.4, -0.2) is 47.6 Å². The van der Waals surface area contributed by atoms with Crippen LogP contribution in [0.15, 0.2) is 24.4 Å². The molecule has 3 rings (SSSR count). The van der Waals surface area contributed by atoms with E-state index in [1.165, 1.54) is 7.11 Å². The van der Waals surface area contributed by atoms with E-state index in [-0.39, 0.29) is 19.7 Å². The largest absolute Gasteiger partial charge is 0.481 e. The molecule has 1 aromatic carbocycles. The van der Waals surface area contributed by atoms with Crippen LogP contribution in [0.2, 0.25) is 5.02 Å². The van der Waals surface area contributed by atoms with Crippen molar-refractivity contribution in [2.24, 2.45) is 7.05 Å². The molecule has 10 heteroatoms. The molecule has 1 N–H and O–H groups in total. The number of imidazole rings is 1. The first-order chi connectivity index (χ1) is 14.2. The normalized spacial score (nSPS) is 12.0. The number of hydrogen-bond acceptors (Lipinski definition) is 5. The Morgan fingerprint density at radius 3 is 2.67 bits per heavy atom. The van der Waals surface area contributed by atoms with E-state index in [0.29, 0.717) is 22.0 Å². The summed E-state index contributed by atoms with van der Waals surface area (Å²) in [5, 5.41) is 4.24. The second kappa shape index (κ2) is 9.20. The molecule has 0 saturated heterocycles. The van der Waals surface area contributed by atoms with E-state index < -0.39 is 12.8 Å². The average Bonchev–Trinajstić information content (AvgIpc) is 3.03. The van der Waals surface area contributed by atoms with Gasteiger partial charge in [-0.3, -0.25) is 0 Å². The third-order valence-corrected chi connectivity index (χ3v) is 5.11. The number of nitrogens with zero attached hydrogens (tertiary/aromatic N) is 3. The highest BCUT2D eigenvalue weighted by atomic mass is 35.5. The zero-order valence-electron chi connectivity index (χ0n) is 16.8. The van der Waals surface area contributed by atoms with Gasteiger partial charge in [-0.05, 0) is 19.1 Å². The standard InChI is InChI=1S/C20H22ClF3N4O2/c1-12-26-10-17(28(12)2)13-4-5-16-14(8-13)18(21)15(19(27-16)29-3)9-25-6-7-30-11-20(22,23)24/h4-5,8,10,25H,6-7,9,11H2,1-3H3. The third kappa shape index (κ3) is 5.03. The summed E-state index contributed by atoms with van der Waals surface area (Å²) < 4.78 is 48.3. The zero-order chi connectivity index (χ0) is 21.9. The number of aromatic nitrogens is 3. The number of nitrogens with one attached hydrogen (secondary N) is 1. The van der Waals surface area contributed by atoms with Gasteiger partial charge in [-0.15, -0.1) is 0 Å². The number of halogens is 4. The van der Waals surface area contributed by atoms with Crippen molar-refractivity contribution in [2.45, 2.75) is 19.6 Å². The number of rotatable bonds is 8. The molecule has 0 atom stereocenters. The number of fused-ring (bicyclic) bond motifs is 1. The average molecular weight is 443 g/mol. The molecule has 0 aliphatic carbocycles. The fourth-order valence-corrected chi connectivity index (χ4v) is 3.34. The van der Waals surface area contributed by atoms with Crippen molar-refractivity contribution in [3.63, 3.8) is 0 Å². The molecule has 0 saturated carbocycles. The van der Waals surface area contributed by atoms with Crippen LogP contribution in [0.4, 0.5) is 13.2 Å². The quantitative estimate of drug-likeness (QED) is 0.528. The molecule has 0 spiro atoms. The van der Waals surface area contributed by atoms with E-state index in [1.807, 2.05) is 36.7 Å². The molecule has 0 aliphatic rings. The van der Waals surface area contributed by atoms with E-state index in [0.717, 1.165) is 22.5 Å². The number of ether oxygens (including phenoxy) is 2. The van der Waals surface area contributed by atoms with E-state index >= 15 is 0 Å². The highest BCUT2D eigenvalue weighted by Crippen LogP contribution is 2.34. The van der Waals surface area contributed by atoms with Crippen molar-refractivity contribution in [1.82, 2.24) is 19.9 Å². The number of hydrogen-bond donors (Lipinski definition) is 1. The Morgan fingerprint density at radius 1 is 1.27 bits per heavy atom. The van der Waals surface area contributed by atoms with Crippen molar-refractivity contribution < 1.29 is 22.6 Å². The molecule has 0 bridgehead atoms. The van der Waals surface area contributed by atoms with Gasteiger partial charge in [-0.1, -0.05) is 17.7 Å². The Bertz CT molecular complexity index is 1040. The van der Waals surface area contributed by atoms with Crippen molar-refractivity contribution in [1.29, 1.82) is 0 Å². The fourth-order valence-electron chi connectivity index (χ4n) is 3.04. The Hall–Kier alpha value is -2.36. The summed E-state index contributed by atoms with van der Waals surface area (Å²) in [5.41, 5.74) is 3.19. The van der Waals surface area contributed by atoms with Crippen LogP contribution in [0, 0.1) is 6.92 Å². The Balaban J connectivity index is 1.81. The summed E-state index contributed by atoms with van der Waals surface area (Å²) in [4.78, 5) is 8.84. The topological polar surface area (TPSA) is 61.2 Å². The highest BCUT2D eigenvalue weighted by molar-refractivity contribution is 6.36. The summed E-state index contributed by atoms with van der Waals surface area (Å²) in [6.45, 7) is 1.07. The lowest BCUT2D eigenvalue weighted by Crippen LogP contribution is -2.24. The van der Waals surface area contributed by atoms with Crippen LogP contribution in [0.3, 0.4) is 0 Å². The molecule has 2 aromatic heterocycles. The minimum absolute atomic E-state index is 0.0789. The minimum Gasteiger partial charge on any atom is -0.481 e. The lowest BCUT2D eigenvalue weighted by atomic mass is 10.1. The Morgan fingerprint density at radius 2 is 2.03 bits per heavy atom. The van der Waals surface area contributed by atoms with Crippen LogP contribution in [0.1, 0.15) is 11.4 Å². The lowest BCUT2D eigenvalue weighted by Gasteiger charge is -2.14. The molecular weight excluding hydrogens is 421 g/mol. The molecule has 162 valence electrons. The molecule has 0 radical (unpaired) electrons. The van der Waals surface area contributed by atoms with E-state index in [4.69, 9.17) is 16.3 Å². The molecule has 0 fully saturated rings. The van der Waals surface area contributed by atoms with Gasteiger partial charge in [0.25, 0.3) is 0 Å². The van der Waals surface area contributed by atoms with Crippen molar-refractivity contribution in [3.05, 3.63) is 40.8 Å². The molecule has 30 heavy (non-hydrogen) atoms. The third-order valence-electron chi connectivity index (χ3n) is 4.68. The van der Waals surface area contributed by atoms with Crippen LogP contribution in [0.25, 0.3) is 22.2 Å². The van der Waals surface area contributed by atoms with Crippen molar-refractivity contribution in [2.75, 3.05) is 26.9 Å². The van der Waals surface area contributed by atoms with Gasteiger partial charge in [0.15, 0.2) is 0 Å². The number of aryl methyl sites for hydroxylation is 1.